The van der Waals surface area contributed by atoms with Gasteiger partial charge >= 0.3 is 0 Å². The van der Waals surface area contributed by atoms with E-state index in [4.69, 9.17) is 0 Å². The number of fused-ring (bicyclic) bond motifs is 7. The topological polar surface area (TPSA) is 87.0 Å². The third kappa shape index (κ3) is 4.18. The molecule has 5 aliphatic rings. The molecule has 5 aliphatic carbocycles. The van der Waals surface area contributed by atoms with Crippen molar-refractivity contribution in [2.45, 2.75) is 105 Å². The molecule has 6 rings (SSSR count). The fourth-order valence-electron chi connectivity index (χ4n) is 11.0. The van der Waals surface area contributed by atoms with Gasteiger partial charge in [-0.15, -0.1) is 0 Å². The number of rotatable bonds is 3. The summed E-state index contributed by atoms with van der Waals surface area (Å²) in [5, 5.41) is 13.5. The van der Waals surface area contributed by atoms with Gasteiger partial charge in [0.15, 0.2) is 11.6 Å². The first kappa shape index (κ1) is 30.0. The normalized spacial score (nSPS) is 40.8. The van der Waals surface area contributed by atoms with Gasteiger partial charge in [0.05, 0.1) is 12.0 Å². The van der Waals surface area contributed by atoms with Gasteiger partial charge in [-0.1, -0.05) is 90.4 Å². The minimum Gasteiger partial charge on any atom is -0.350 e. The highest BCUT2D eigenvalue weighted by Gasteiger charge is 2.70. The molecule has 1 amide bonds. The Morgan fingerprint density at radius 1 is 0.953 bits per heavy atom. The van der Waals surface area contributed by atoms with Crippen LogP contribution >= 0.6 is 0 Å². The maximum Gasteiger partial charge on any atom is 0.224 e. The lowest BCUT2D eigenvalue weighted by Crippen LogP contribution is -2.69. The second kappa shape index (κ2) is 9.50. The van der Waals surface area contributed by atoms with E-state index in [1.54, 1.807) is 0 Å². The van der Waals surface area contributed by atoms with Crippen LogP contribution in [-0.4, -0.2) is 23.0 Å². The molecule has 43 heavy (non-hydrogen) atoms. The van der Waals surface area contributed by atoms with Gasteiger partial charge in [0.2, 0.25) is 5.91 Å². The molecular weight excluding hydrogens is 532 g/mol. The summed E-state index contributed by atoms with van der Waals surface area (Å²) >= 11 is 0. The van der Waals surface area contributed by atoms with Crippen LogP contribution in [0.3, 0.4) is 0 Å². The number of Topliss-reactive ketones (excluding diaryl/α,β-unsaturated/α-hetero) is 1. The molecule has 0 aromatic heterocycles. The van der Waals surface area contributed by atoms with E-state index in [-0.39, 0.29) is 57.0 Å². The molecule has 0 unspecified atom stereocenters. The Hall–Kier alpha value is -3.00. The SMILES string of the molecule is CC1(C)CC[C@]2(NC(=O)Cc3ccccc3)CC[C@]3(C)[C@H](C(=O)C=C4[C@@]5(C)C=C(C#N)C(=O)C(C)(C)[C@@H]5CC[C@]43C)[C@H]2C1. The van der Waals surface area contributed by atoms with Crippen LogP contribution in [0.15, 0.2) is 53.6 Å². The summed E-state index contributed by atoms with van der Waals surface area (Å²) < 4.78 is 0. The average Bonchev–Trinajstić information content (AvgIpc) is 2.93. The van der Waals surface area contributed by atoms with Gasteiger partial charge in [0.25, 0.3) is 0 Å². The molecule has 1 N–H and O–H groups in total. The van der Waals surface area contributed by atoms with Crippen molar-refractivity contribution in [3.63, 3.8) is 0 Å². The minimum absolute atomic E-state index is 0.0328. The average molecular weight is 581 g/mol. The number of ketones is 2. The highest BCUT2D eigenvalue weighted by atomic mass is 16.2. The smallest absolute Gasteiger partial charge is 0.224 e. The number of carbonyl (C=O) groups excluding carboxylic acids is 3. The van der Waals surface area contributed by atoms with Crippen LogP contribution in [-0.2, 0) is 20.8 Å². The molecule has 0 radical (unpaired) electrons. The van der Waals surface area contributed by atoms with Crippen LogP contribution < -0.4 is 5.32 Å². The number of nitrogens with zero attached hydrogens (tertiary/aromatic N) is 1. The predicted molar refractivity (Wildman–Crippen MR) is 167 cm³/mol. The van der Waals surface area contributed by atoms with Gasteiger partial charge in [0.1, 0.15) is 6.07 Å². The van der Waals surface area contributed by atoms with E-state index in [2.05, 4.69) is 46.0 Å². The Labute approximate surface area is 257 Å². The van der Waals surface area contributed by atoms with E-state index < -0.39 is 16.4 Å². The molecule has 5 heteroatoms. The Bertz CT molecular complexity index is 1490. The maximum atomic E-state index is 14.7. The number of amides is 1. The van der Waals surface area contributed by atoms with Crippen molar-refractivity contribution < 1.29 is 14.4 Å². The molecular formula is C38H48N2O3. The van der Waals surface area contributed by atoms with Crippen molar-refractivity contribution in [2.24, 2.45) is 44.8 Å². The molecule has 0 saturated heterocycles. The van der Waals surface area contributed by atoms with Crippen LogP contribution in [0.25, 0.3) is 0 Å². The summed E-state index contributed by atoms with van der Waals surface area (Å²) in [6.45, 7) is 15.5. The Kier molecular flexibility index (Phi) is 6.64. The number of hydrogen-bond acceptors (Lipinski definition) is 4. The molecule has 7 atom stereocenters. The number of carbonyl (C=O) groups is 3. The molecule has 228 valence electrons. The van der Waals surface area contributed by atoms with Crippen molar-refractivity contribution in [1.29, 1.82) is 5.26 Å². The Morgan fingerprint density at radius 3 is 2.30 bits per heavy atom. The van der Waals surface area contributed by atoms with Crippen LogP contribution in [0.5, 0.6) is 0 Å². The number of nitriles is 1. The fraction of sp³-hybridized carbons (Fsp3) is 0.632. The summed E-state index contributed by atoms with van der Waals surface area (Å²) in [6, 6.07) is 12.1. The number of nitrogens with one attached hydrogen (secondary N) is 1. The highest BCUT2D eigenvalue weighted by Crippen LogP contribution is 2.73. The summed E-state index contributed by atoms with van der Waals surface area (Å²) in [7, 11) is 0. The molecule has 0 spiro atoms. The summed E-state index contributed by atoms with van der Waals surface area (Å²) in [6.07, 6.45) is 10.5. The van der Waals surface area contributed by atoms with Crippen molar-refractivity contribution in [3.8, 4) is 6.07 Å². The zero-order valence-electron chi connectivity index (χ0n) is 27.1. The second-order valence-corrected chi connectivity index (χ2v) is 16.6. The van der Waals surface area contributed by atoms with Gasteiger partial charge in [0, 0.05) is 22.3 Å². The zero-order valence-corrected chi connectivity index (χ0v) is 27.1. The van der Waals surface area contributed by atoms with Gasteiger partial charge in [-0.05, 0) is 84.7 Å². The van der Waals surface area contributed by atoms with Gasteiger partial charge in [-0.25, -0.2) is 0 Å². The van der Waals surface area contributed by atoms with Crippen LogP contribution in [0, 0.1) is 56.2 Å². The largest absolute Gasteiger partial charge is 0.350 e. The van der Waals surface area contributed by atoms with Crippen LogP contribution in [0.4, 0.5) is 0 Å². The zero-order chi connectivity index (χ0) is 31.2. The maximum absolute atomic E-state index is 14.7. The van der Waals surface area contributed by atoms with E-state index in [0.717, 1.165) is 56.1 Å². The number of benzene rings is 1. The number of hydrogen-bond donors (Lipinski definition) is 1. The van der Waals surface area contributed by atoms with E-state index in [1.165, 1.54) is 0 Å². The lowest BCUT2D eigenvalue weighted by Gasteiger charge is -2.69. The van der Waals surface area contributed by atoms with Gasteiger partial charge in [-0.2, -0.15) is 5.26 Å². The Morgan fingerprint density at radius 2 is 1.63 bits per heavy atom. The first-order valence-corrected chi connectivity index (χ1v) is 16.3. The first-order valence-electron chi connectivity index (χ1n) is 16.3. The molecule has 3 fully saturated rings. The van der Waals surface area contributed by atoms with Crippen molar-refractivity contribution in [1.82, 2.24) is 5.32 Å². The molecule has 0 heterocycles. The van der Waals surface area contributed by atoms with Crippen LogP contribution in [0.2, 0.25) is 0 Å². The lowest BCUT2D eigenvalue weighted by atomic mass is 9.35. The number of allylic oxidation sites excluding steroid dienone is 4. The minimum atomic E-state index is -0.671. The lowest BCUT2D eigenvalue weighted by molar-refractivity contribution is -0.164. The molecule has 3 saturated carbocycles. The van der Waals surface area contributed by atoms with Crippen molar-refractivity contribution >= 4 is 17.5 Å². The fourth-order valence-corrected chi connectivity index (χ4v) is 11.0. The molecule has 5 nitrogen and oxygen atoms in total. The summed E-state index contributed by atoms with van der Waals surface area (Å²) in [4.78, 5) is 41.6. The van der Waals surface area contributed by atoms with Gasteiger partial charge < -0.3 is 5.32 Å². The molecule has 0 aliphatic heterocycles. The summed E-state index contributed by atoms with van der Waals surface area (Å²) in [5.74, 6) is 0.0295. The van der Waals surface area contributed by atoms with Crippen molar-refractivity contribution in [2.75, 3.05) is 0 Å². The predicted octanol–water partition coefficient (Wildman–Crippen LogP) is 7.32. The van der Waals surface area contributed by atoms with E-state index in [1.807, 2.05) is 56.3 Å². The first-order chi connectivity index (χ1) is 20.0. The Balaban J connectivity index is 1.43. The van der Waals surface area contributed by atoms with Gasteiger partial charge in [-0.3, -0.25) is 14.4 Å². The second-order valence-electron chi connectivity index (χ2n) is 16.6. The van der Waals surface area contributed by atoms with E-state index in [9.17, 15) is 19.6 Å². The standard InChI is InChI=1S/C38H48N2O3/c1-33(2)15-17-38(40-30(42)19-24-11-9-8-10-12-24)18-16-37(7)31(26(38)22-33)27(41)20-29-35(5)21-25(23-39)32(43)34(3,4)28(35)13-14-36(29,37)6/h8-12,20-21,26,28,31H,13-19,22H2,1-7H3,(H,40,42)/t26-,28+,31+,35+,36-,37-,38+/m1/s1. The molecule has 1 aromatic carbocycles. The quantitative estimate of drug-likeness (QED) is 0.406. The van der Waals surface area contributed by atoms with Crippen LogP contribution in [0.1, 0.15) is 99.0 Å². The van der Waals surface area contributed by atoms with E-state index >= 15 is 0 Å². The third-order valence-corrected chi connectivity index (χ3v) is 13.5. The van der Waals surface area contributed by atoms with Crippen molar-refractivity contribution in [3.05, 3.63) is 59.2 Å². The summed E-state index contributed by atoms with van der Waals surface area (Å²) in [5.41, 5.74) is 0.282. The highest BCUT2D eigenvalue weighted by molar-refractivity contribution is 6.04. The molecule has 0 bridgehead atoms. The molecule has 1 aromatic rings. The monoisotopic (exact) mass is 580 g/mol. The third-order valence-electron chi connectivity index (χ3n) is 13.5. The van der Waals surface area contributed by atoms with E-state index in [0.29, 0.717) is 6.42 Å².